The number of hydrogen-bond acceptors (Lipinski definition) is 5. The van der Waals surface area contributed by atoms with Crippen molar-refractivity contribution in [1.82, 2.24) is 4.98 Å². The first-order valence-electron chi connectivity index (χ1n) is 10.4. The van der Waals surface area contributed by atoms with Crippen LogP contribution in [0.4, 0.5) is 20.0 Å². The zero-order valence-corrected chi connectivity index (χ0v) is 18.3. The van der Waals surface area contributed by atoms with Crippen molar-refractivity contribution in [2.24, 2.45) is 5.92 Å². The van der Waals surface area contributed by atoms with E-state index in [0.717, 1.165) is 46.2 Å². The normalized spacial score (nSPS) is 13.0. The van der Waals surface area contributed by atoms with Gasteiger partial charge in [0.05, 0.1) is 15.9 Å². The number of halogens is 1. The van der Waals surface area contributed by atoms with Crippen molar-refractivity contribution >= 4 is 44.3 Å². The maximum Gasteiger partial charge on any atom is 0.503 e. The van der Waals surface area contributed by atoms with Gasteiger partial charge in [-0.25, -0.2) is 14.2 Å². The number of nitrogens with one attached hydrogen (secondary N) is 1. The average Bonchev–Trinajstić information content (AvgIpc) is 3.16. The molecule has 6 nitrogen and oxygen atoms in total. The Balaban J connectivity index is 0.000000601. The van der Waals surface area contributed by atoms with Crippen LogP contribution >= 0.6 is 11.3 Å². The second-order valence-corrected chi connectivity index (χ2v) is 8.69. The van der Waals surface area contributed by atoms with Gasteiger partial charge in [-0.3, -0.25) is 4.79 Å². The molecule has 0 amide bonds. The number of Topliss-reactive ketones (excluding diaryl/α,β-unsaturated/α-hetero) is 1. The number of carbonyl (C=O) groups is 2. The lowest BCUT2D eigenvalue weighted by atomic mass is 9.80. The van der Waals surface area contributed by atoms with E-state index in [1.807, 2.05) is 54.6 Å². The van der Waals surface area contributed by atoms with Crippen molar-refractivity contribution < 1.29 is 24.2 Å². The molecule has 0 saturated heterocycles. The molecule has 1 fully saturated rings. The molecule has 8 heteroatoms. The van der Waals surface area contributed by atoms with Crippen LogP contribution in [0.25, 0.3) is 21.3 Å². The summed E-state index contributed by atoms with van der Waals surface area (Å²) in [5, 5.41) is 17.7. The highest BCUT2D eigenvalue weighted by Gasteiger charge is 2.26. The highest BCUT2D eigenvalue weighted by molar-refractivity contribution is 7.22. The third-order valence-corrected chi connectivity index (χ3v) is 6.44. The predicted octanol–water partition coefficient (Wildman–Crippen LogP) is 7.05. The van der Waals surface area contributed by atoms with Crippen molar-refractivity contribution in [2.75, 3.05) is 5.32 Å². The van der Waals surface area contributed by atoms with Gasteiger partial charge in [-0.1, -0.05) is 60.2 Å². The molecule has 1 aliphatic rings. The van der Waals surface area contributed by atoms with Crippen LogP contribution in [0.15, 0.2) is 66.7 Å². The van der Waals surface area contributed by atoms with Gasteiger partial charge in [0.1, 0.15) is 5.82 Å². The molecule has 0 unspecified atom stereocenters. The van der Waals surface area contributed by atoms with Crippen molar-refractivity contribution in [2.45, 2.75) is 19.3 Å². The number of aromatic nitrogens is 1. The molecule has 0 bridgehead atoms. The lowest BCUT2D eigenvalue weighted by Crippen LogP contribution is -2.21. The van der Waals surface area contributed by atoms with E-state index in [1.54, 1.807) is 6.07 Å². The maximum atomic E-state index is 14.7. The molecule has 1 aromatic heterocycles. The van der Waals surface area contributed by atoms with Crippen LogP contribution in [0.5, 0.6) is 0 Å². The Morgan fingerprint density at radius 1 is 0.970 bits per heavy atom. The Bertz CT molecular complexity index is 1260. The molecule has 4 aromatic rings. The zero-order valence-electron chi connectivity index (χ0n) is 17.5. The van der Waals surface area contributed by atoms with Crippen LogP contribution in [-0.4, -0.2) is 27.1 Å². The van der Waals surface area contributed by atoms with E-state index in [4.69, 9.17) is 15.0 Å². The van der Waals surface area contributed by atoms with E-state index in [0.29, 0.717) is 10.8 Å². The minimum Gasteiger partial charge on any atom is -0.450 e. The Morgan fingerprint density at radius 3 is 2.24 bits per heavy atom. The Kier molecular flexibility index (Phi) is 6.65. The number of thiazole rings is 1. The van der Waals surface area contributed by atoms with Gasteiger partial charge in [-0.05, 0) is 48.2 Å². The quantitative estimate of drug-likeness (QED) is 0.274. The number of ketones is 1. The van der Waals surface area contributed by atoms with E-state index in [-0.39, 0.29) is 17.5 Å². The van der Waals surface area contributed by atoms with E-state index >= 15 is 0 Å². The number of hydrogen-bond donors (Lipinski definition) is 3. The minimum absolute atomic E-state index is 0.186. The number of nitrogens with zero attached hydrogens (tertiary/aromatic N) is 1. The van der Waals surface area contributed by atoms with E-state index in [9.17, 15) is 9.18 Å². The summed E-state index contributed by atoms with van der Waals surface area (Å²) in [5.41, 5.74) is 3.70. The number of para-hydroxylation sites is 1. The van der Waals surface area contributed by atoms with Gasteiger partial charge >= 0.3 is 6.16 Å². The molecule has 0 atom stereocenters. The summed E-state index contributed by atoms with van der Waals surface area (Å²) >= 11 is 1.49. The van der Waals surface area contributed by atoms with Crippen molar-refractivity contribution in [3.8, 4) is 11.1 Å². The second kappa shape index (κ2) is 9.79. The second-order valence-electron chi connectivity index (χ2n) is 7.66. The fourth-order valence-corrected chi connectivity index (χ4v) is 4.45. The molecule has 33 heavy (non-hydrogen) atoms. The molecular formula is C25H21FN2O4S. The molecular weight excluding hydrogens is 443 g/mol. The summed E-state index contributed by atoms with van der Waals surface area (Å²) < 4.78 is 15.8. The van der Waals surface area contributed by atoms with Gasteiger partial charge in [-0.15, -0.1) is 0 Å². The maximum absolute atomic E-state index is 14.7. The number of carbonyl (C=O) groups excluding carboxylic acids is 1. The highest BCUT2D eigenvalue weighted by Crippen LogP contribution is 2.32. The van der Waals surface area contributed by atoms with Crippen LogP contribution in [0.1, 0.15) is 29.6 Å². The van der Waals surface area contributed by atoms with Gasteiger partial charge in [0.25, 0.3) is 0 Å². The van der Waals surface area contributed by atoms with Gasteiger partial charge in [0.2, 0.25) is 0 Å². The summed E-state index contributed by atoms with van der Waals surface area (Å²) in [7, 11) is 0. The van der Waals surface area contributed by atoms with E-state index in [1.165, 1.54) is 17.4 Å². The number of benzene rings is 3. The smallest absolute Gasteiger partial charge is 0.450 e. The van der Waals surface area contributed by atoms with Gasteiger partial charge in [0.15, 0.2) is 10.9 Å². The van der Waals surface area contributed by atoms with Crippen LogP contribution in [0.2, 0.25) is 0 Å². The predicted molar refractivity (Wildman–Crippen MR) is 127 cm³/mol. The molecule has 168 valence electrons. The molecule has 3 aromatic carbocycles. The topological polar surface area (TPSA) is 99.5 Å². The van der Waals surface area contributed by atoms with E-state index < -0.39 is 6.16 Å². The largest absolute Gasteiger partial charge is 0.503 e. The standard InChI is InChI=1S/C24H19FN2OS.CH2O3/c25-19-14-18(15-8-10-17(11-9-15)23(28)16-4-3-5-16)12-13-20(19)26-24-27-21-6-1-2-7-22(21)29-24;2-1(3)4/h1-2,6-14,16H,3-5H2,(H,26,27);(H2,2,3,4). The fraction of sp³-hybridized carbons (Fsp3) is 0.160. The van der Waals surface area contributed by atoms with Crippen molar-refractivity contribution in [3.63, 3.8) is 0 Å². The first-order chi connectivity index (χ1) is 15.9. The summed E-state index contributed by atoms with van der Waals surface area (Å²) in [6.45, 7) is 0. The molecule has 1 heterocycles. The monoisotopic (exact) mass is 464 g/mol. The first kappa shape index (κ1) is 22.4. The minimum atomic E-state index is -1.83. The SMILES string of the molecule is O=C(O)O.O=C(c1ccc(-c2ccc(Nc3nc4ccccc4s3)c(F)c2)cc1)C1CCC1. The lowest BCUT2D eigenvalue weighted by Gasteiger charge is -2.23. The fourth-order valence-electron chi connectivity index (χ4n) is 3.57. The number of fused-ring (bicyclic) bond motifs is 1. The number of anilines is 2. The van der Waals surface area contributed by atoms with Crippen LogP contribution < -0.4 is 5.32 Å². The third kappa shape index (κ3) is 5.35. The zero-order chi connectivity index (χ0) is 23.4. The lowest BCUT2D eigenvalue weighted by molar-refractivity contribution is 0.0855. The van der Waals surface area contributed by atoms with Gasteiger partial charge < -0.3 is 15.5 Å². The number of carboxylic acid groups (broad SMARTS) is 2. The molecule has 0 spiro atoms. The number of rotatable bonds is 5. The molecule has 0 aliphatic heterocycles. The summed E-state index contributed by atoms with van der Waals surface area (Å²) in [6, 6.07) is 20.4. The highest BCUT2D eigenvalue weighted by atomic mass is 32.1. The van der Waals surface area contributed by atoms with E-state index in [2.05, 4.69) is 10.3 Å². The first-order valence-corrected chi connectivity index (χ1v) is 11.2. The Hall–Kier alpha value is -3.78. The molecule has 1 saturated carbocycles. The molecule has 0 radical (unpaired) electrons. The summed E-state index contributed by atoms with van der Waals surface area (Å²) in [6.07, 6.45) is 1.30. The Labute approximate surface area is 193 Å². The van der Waals surface area contributed by atoms with Gasteiger partial charge in [-0.2, -0.15) is 0 Å². The third-order valence-electron chi connectivity index (χ3n) is 5.48. The van der Waals surface area contributed by atoms with Crippen molar-refractivity contribution in [1.29, 1.82) is 0 Å². The summed E-state index contributed by atoms with van der Waals surface area (Å²) in [4.78, 5) is 25.4. The Morgan fingerprint density at radius 2 is 1.64 bits per heavy atom. The average molecular weight is 465 g/mol. The van der Waals surface area contributed by atoms with Gasteiger partial charge in [0, 0.05) is 11.5 Å². The van der Waals surface area contributed by atoms with Crippen LogP contribution in [-0.2, 0) is 0 Å². The molecule has 5 rings (SSSR count). The van der Waals surface area contributed by atoms with Crippen LogP contribution in [0.3, 0.4) is 0 Å². The van der Waals surface area contributed by atoms with Crippen molar-refractivity contribution in [3.05, 3.63) is 78.1 Å². The molecule has 3 N–H and O–H groups in total. The summed E-state index contributed by atoms with van der Waals surface area (Å²) in [5.74, 6) is 0.0758. The van der Waals surface area contributed by atoms with Crippen LogP contribution in [0, 0.1) is 11.7 Å². The molecule has 1 aliphatic carbocycles.